The van der Waals surface area contributed by atoms with Crippen molar-refractivity contribution < 1.29 is 47.3 Å². The van der Waals surface area contributed by atoms with Crippen molar-refractivity contribution in [2.75, 3.05) is 7.11 Å². The van der Waals surface area contributed by atoms with Gasteiger partial charge in [-0.05, 0) is 0 Å². The molecule has 136 valence electrons. The Morgan fingerprint density at radius 2 is 1.42 bits per heavy atom. The van der Waals surface area contributed by atoms with E-state index in [0.717, 1.165) is 27.9 Å². The van der Waals surface area contributed by atoms with Gasteiger partial charge in [-0.2, -0.15) is 0 Å². The Morgan fingerprint density at radius 1 is 0.917 bits per heavy atom. The third-order valence-electron chi connectivity index (χ3n) is 3.05. The summed E-state index contributed by atoms with van der Waals surface area (Å²) < 4.78 is 39.0. The highest BCUT2D eigenvalue weighted by Gasteiger charge is 2.52. The average molecular weight is 350 g/mol. The molecule has 1 aliphatic rings. The molecule has 0 saturated carbocycles. The summed E-state index contributed by atoms with van der Waals surface area (Å²) in [6.45, 7) is 3.12. The standard InChI is InChI=1S/C14H19FO9/c1-6(16)21-12-9(5-10(19)20-4)24-14(23-8(3)18)13(11(12)15)22-7(2)17/h9,11-14H,5H2,1-4H3/t9-,11+,12+,13-,14?/m1/s1. The molecule has 10 heteroatoms. The highest BCUT2D eigenvalue weighted by atomic mass is 19.1. The lowest BCUT2D eigenvalue weighted by Crippen LogP contribution is -2.59. The van der Waals surface area contributed by atoms with E-state index in [4.69, 9.17) is 18.9 Å². The molecule has 1 rings (SSSR count). The van der Waals surface area contributed by atoms with E-state index in [9.17, 15) is 23.6 Å². The zero-order valence-corrected chi connectivity index (χ0v) is 13.6. The monoisotopic (exact) mass is 350 g/mol. The number of alkyl halides is 1. The van der Waals surface area contributed by atoms with Gasteiger partial charge in [0, 0.05) is 20.8 Å². The second-order valence-corrected chi connectivity index (χ2v) is 5.03. The zero-order valence-electron chi connectivity index (χ0n) is 13.6. The lowest BCUT2D eigenvalue weighted by molar-refractivity contribution is -0.284. The van der Waals surface area contributed by atoms with Gasteiger partial charge in [0.05, 0.1) is 13.5 Å². The molecule has 24 heavy (non-hydrogen) atoms. The third kappa shape index (κ3) is 5.44. The van der Waals surface area contributed by atoms with Gasteiger partial charge >= 0.3 is 23.9 Å². The third-order valence-corrected chi connectivity index (χ3v) is 3.05. The number of hydrogen-bond acceptors (Lipinski definition) is 9. The first-order valence-electron chi connectivity index (χ1n) is 7.03. The topological polar surface area (TPSA) is 114 Å². The van der Waals surface area contributed by atoms with Gasteiger partial charge in [0.15, 0.2) is 18.4 Å². The Kier molecular flexibility index (Phi) is 7.08. The predicted molar refractivity (Wildman–Crippen MR) is 73.1 cm³/mol. The van der Waals surface area contributed by atoms with Crippen molar-refractivity contribution in [1.82, 2.24) is 0 Å². The second kappa shape index (κ2) is 8.57. The summed E-state index contributed by atoms with van der Waals surface area (Å²) in [6, 6.07) is 0. The van der Waals surface area contributed by atoms with Crippen LogP contribution in [0, 0.1) is 0 Å². The van der Waals surface area contributed by atoms with Crippen molar-refractivity contribution in [2.45, 2.75) is 58.0 Å². The fourth-order valence-electron chi connectivity index (χ4n) is 2.18. The molecule has 0 spiro atoms. The molecule has 0 bridgehead atoms. The molecule has 1 aliphatic heterocycles. The van der Waals surface area contributed by atoms with Crippen LogP contribution in [0.3, 0.4) is 0 Å². The zero-order chi connectivity index (χ0) is 18.4. The summed E-state index contributed by atoms with van der Waals surface area (Å²) in [7, 11) is 1.12. The number of halogens is 1. The van der Waals surface area contributed by atoms with E-state index in [1.54, 1.807) is 0 Å². The number of carbonyl (C=O) groups excluding carboxylic acids is 4. The number of carbonyl (C=O) groups is 4. The van der Waals surface area contributed by atoms with Crippen LogP contribution in [0.25, 0.3) is 0 Å². The van der Waals surface area contributed by atoms with Gasteiger partial charge in [-0.1, -0.05) is 0 Å². The second-order valence-electron chi connectivity index (χ2n) is 5.03. The smallest absolute Gasteiger partial charge is 0.308 e. The summed E-state index contributed by atoms with van der Waals surface area (Å²) in [4.78, 5) is 44.9. The number of esters is 4. The van der Waals surface area contributed by atoms with E-state index in [1.807, 2.05) is 0 Å². The SMILES string of the molecule is COC(=O)C[C@H]1OC(OC(C)=O)[C@H](OC(C)=O)[C@@H](F)[C@H]1OC(C)=O. The molecule has 1 heterocycles. The highest BCUT2D eigenvalue weighted by Crippen LogP contribution is 2.31. The molecular formula is C14H19FO9. The quantitative estimate of drug-likeness (QED) is 0.500. The molecule has 9 nitrogen and oxygen atoms in total. The Balaban J connectivity index is 3.09. The van der Waals surface area contributed by atoms with Gasteiger partial charge in [0.25, 0.3) is 0 Å². The lowest BCUT2D eigenvalue weighted by atomic mass is 9.97. The number of ether oxygens (including phenoxy) is 5. The largest absolute Gasteiger partial charge is 0.469 e. The van der Waals surface area contributed by atoms with Crippen molar-refractivity contribution in [2.24, 2.45) is 0 Å². The Morgan fingerprint density at radius 3 is 1.88 bits per heavy atom. The van der Waals surface area contributed by atoms with Crippen molar-refractivity contribution in [1.29, 1.82) is 0 Å². The first-order chi connectivity index (χ1) is 11.1. The Labute approximate surface area is 137 Å². The van der Waals surface area contributed by atoms with Gasteiger partial charge in [0.2, 0.25) is 6.29 Å². The summed E-state index contributed by atoms with van der Waals surface area (Å²) in [5, 5.41) is 0. The van der Waals surface area contributed by atoms with Gasteiger partial charge in [0.1, 0.15) is 6.10 Å². The van der Waals surface area contributed by atoms with Gasteiger partial charge in [-0.25, -0.2) is 4.39 Å². The van der Waals surface area contributed by atoms with Gasteiger partial charge < -0.3 is 23.7 Å². The minimum Gasteiger partial charge on any atom is -0.469 e. The first kappa shape index (κ1) is 19.8. The number of hydrogen-bond donors (Lipinski definition) is 0. The van der Waals surface area contributed by atoms with Crippen molar-refractivity contribution in [3.63, 3.8) is 0 Å². The molecular weight excluding hydrogens is 331 g/mol. The lowest BCUT2D eigenvalue weighted by Gasteiger charge is -2.41. The van der Waals surface area contributed by atoms with Gasteiger partial charge in [-0.15, -0.1) is 0 Å². The summed E-state index contributed by atoms with van der Waals surface area (Å²) in [5.74, 6) is -3.24. The summed E-state index contributed by atoms with van der Waals surface area (Å²) in [5.41, 5.74) is 0. The fourth-order valence-corrected chi connectivity index (χ4v) is 2.18. The molecule has 0 aromatic carbocycles. The summed E-state index contributed by atoms with van der Waals surface area (Å²) >= 11 is 0. The molecule has 0 amide bonds. The van der Waals surface area contributed by atoms with Crippen LogP contribution in [0.2, 0.25) is 0 Å². The van der Waals surface area contributed by atoms with Crippen LogP contribution in [0.4, 0.5) is 4.39 Å². The minimum absolute atomic E-state index is 0.459. The molecule has 0 radical (unpaired) electrons. The molecule has 1 fully saturated rings. The van der Waals surface area contributed by atoms with Crippen LogP contribution in [0.1, 0.15) is 27.2 Å². The molecule has 5 atom stereocenters. The fraction of sp³-hybridized carbons (Fsp3) is 0.714. The maximum atomic E-state index is 14.8. The van der Waals surface area contributed by atoms with E-state index in [-0.39, 0.29) is 0 Å². The molecule has 0 N–H and O–H groups in total. The minimum atomic E-state index is -2.08. The molecule has 0 aromatic rings. The normalized spacial score (nSPS) is 29.3. The van der Waals surface area contributed by atoms with Crippen LogP contribution in [0.15, 0.2) is 0 Å². The van der Waals surface area contributed by atoms with E-state index in [2.05, 4.69) is 4.74 Å². The van der Waals surface area contributed by atoms with Crippen LogP contribution < -0.4 is 0 Å². The summed E-state index contributed by atoms with van der Waals surface area (Å²) in [6.07, 6.45) is -8.61. The van der Waals surface area contributed by atoms with Crippen molar-refractivity contribution >= 4 is 23.9 Å². The average Bonchev–Trinajstić information content (AvgIpc) is 2.45. The first-order valence-corrected chi connectivity index (χ1v) is 7.03. The van der Waals surface area contributed by atoms with Crippen molar-refractivity contribution in [3.8, 4) is 0 Å². The van der Waals surface area contributed by atoms with Crippen LogP contribution >= 0.6 is 0 Å². The van der Waals surface area contributed by atoms with Crippen LogP contribution in [-0.2, 0) is 42.9 Å². The van der Waals surface area contributed by atoms with Crippen molar-refractivity contribution in [3.05, 3.63) is 0 Å². The molecule has 0 aliphatic carbocycles. The number of rotatable bonds is 5. The Hall–Kier alpha value is -2.23. The molecule has 1 saturated heterocycles. The van der Waals surface area contributed by atoms with Crippen LogP contribution in [0.5, 0.6) is 0 Å². The van der Waals surface area contributed by atoms with E-state index >= 15 is 0 Å². The molecule has 0 aromatic heterocycles. The predicted octanol–water partition coefficient (Wildman–Crippen LogP) is 0.0390. The number of methoxy groups -OCH3 is 1. The maximum Gasteiger partial charge on any atom is 0.308 e. The van der Waals surface area contributed by atoms with E-state index in [0.29, 0.717) is 0 Å². The van der Waals surface area contributed by atoms with E-state index in [1.165, 1.54) is 0 Å². The van der Waals surface area contributed by atoms with Gasteiger partial charge in [-0.3, -0.25) is 19.2 Å². The molecule has 1 unspecified atom stereocenters. The maximum absolute atomic E-state index is 14.8. The van der Waals surface area contributed by atoms with E-state index < -0.39 is 61.1 Å². The highest BCUT2D eigenvalue weighted by molar-refractivity contribution is 5.70. The Bertz CT molecular complexity index is 506. The van der Waals surface area contributed by atoms with Crippen LogP contribution in [-0.4, -0.2) is 61.8 Å².